The number of halogens is 2. The van der Waals surface area contributed by atoms with Crippen molar-refractivity contribution in [1.29, 1.82) is 0 Å². The number of nitrogens with one attached hydrogen (secondary N) is 2. The van der Waals surface area contributed by atoms with Gasteiger partial charge in [0.2, 0.25) is 0 Å². The zero-order valence-corrected chi connectivity index (χ0v) is 23.3. The van der Waals surface area contributed by atoms with E-state index in [4.69, 9.17) is 20.8 Å². The van der Waals surface area contributed by atoms with E-state index in [2.05, 4.69) is 34.4 Å². The first-order chi connectivity index (χ1) is 19.4. The summed E-state index contributed by atoms with van der Waals surface area (Å²) < 4.78 is 25.4. The van der Waals surface area contributed by atoms with E-state index in [1.807, 2.05) is 36.4 Å². The van der Waals surface area contributed by atoms with E-state index in [1.165, 1.54) is 24.9 Å². The van der Waals surface area contributed by atoms with Gasteiger partial charge in [-0.3, -0.25) is 0 Å². The molecule has 5 aromatic rings. The zero-order chi connectivity index (χ0) is 27.9. The van der Waals surface area contributed by atoms with Gasteiger partial charge in [-0.1, -0.05) is 37.6 Å². The van der Waals surface area contributed by atoms with Gasteiger partial charge in [0.1, 0.15) is 41.8 Å². The van der Waals surface area contributed by atoms with Gasteiger partial charge < -0.3 is 19.8 Å². The molecule has 8 heteroatoms. The van der Waals surface area contributed by atoms with E-state index < -0.39 is 0 Å². The third kappa shape index (κ3) is 7.17. The van der Waals surface area contributed by atoms with Crippen molar-refractivity contribution in [1.82, 2.24) is 15.3 Å². The molecule has 5 rings (SSSR count). The van der Waals surface area contributed by atoms with Gasteiger partial charge in [-0.15, -0.1) is 0 Å². The molecule has 6 nitrogen and oxygen atoms in total. The van der Waals surface area contributed by atoms with E-state index >= 15 is 0 Å². The number of rotatable bonds is 12. The van der Waals surface area contributed by atoms with Crippen molar-refractivity contribution >= 4 is 34.0 Å². The molecule has 0 unspecified atom stereocenters. The molecule has 3 aromatic carbocycles. The Morgan fingerprint density at radius 1 is 1.00 bits per heavy atom. The second-order valence-electron chi connectivity index (χ2n) is 10.1. The number of furan rings is 1. The number of anilines is 2. The van der Waals surface area contributed by atoms with Crippen molar-refractivity contribution in [3.05, 3.63) is 101 Å². The predicted molar refractivity (Wildman–Crippen MR) is 158 cm³/mol. The lowest BCUT2D eigenvalue weighted by atomic mass is 10.1. The van der Waals surface area contributed by atoms with Gasteiger partial charge in [0.15, 0.2) is 0 Å². The molecule has 0 saturated carbocycles. The summed E-state index contributed by atoms with van der Waals surface area (Å²) in [6.45, 7) is 6.37. The monoisotopic (exact) mass is 558 g/mol. The Balaban J connectivity index is 1.27. The van der Waals surface area contributed by atoms with Crippen LogP contribution in [0, 0.1) is 11.7 Å². The largest absolute Gasteiger partial charge is 0.487 e. The molecule has 0 bridgehead atoms. The van der Waals surface area contributed by atoms with Gasteiger partial charge in [0.05, 0.1) is 17.1 Å². The van der Waals surface area contributed by atoms with Crippen LogP contribution < -0.4 is 15.4 Å². The maximum absolute atomic E-state index is 13.4. The average Bonchev–Trinajstić information content (AvgIpc) is 3.41. The molecule has 2 heterocycles. The summed E-state index contributed by atoms with van der Waals surface area (Å²) in [5.41, 5.74) is 3.22. The van der Waals surface area contributed by atoms with Gasteiger partial charge in [-0.2, -0.15) is 0 Å². The first-order valence-corrected chi connectivity index (χ1v) is 13.8. The molecule has 0 saturated heterocycles. The highest BCUT2D eigenvalue weighted by atomic mass is 35.5. The summed E-state index contributed by atoms with van der Waals surface area (Å²) in [4.78, 5) is 8.90. The Hall–Kier alpha value is -3.94. The van der Waals surface area contributed by atoms with Crippen LogP contribution in [0.3, 0.4) is 0 Å². The predicted octanol–water partition coefficient (Wildman–Crippen LogP) is 8.53. The molecule has 2 N–H and O–H groups in total. The Morgan fingerprint density at radius 3 is 2.73 bits per heavy atom. The summed E-state index contributed by atoms with van der Waals surface area (Å²) in [5, 5.41) is 8.09. The van der Waals surface area contributed by atoms with Crippen LogP contribution in [0.5, 0.6) is 5.75 Å². The van der Waals surface area contributed by atoms with Gasteiger partial charge in [-0.25, -0.2) is 14.4 Å². The number of aromatic nitrogens is 2. The maximum atomic E-state index is 13.4. The van der Waals surface area contributed by atoms with Crippen LogP contribution in [-0.4, -0.2) is 16.5 Å². The van der Waals surface area contributed by atoms with Crippen LogP contribution in [0.2, 0.25) is 5.02 Å². The Labute approximate surface area is 238 Å². The van der Waals surface area contributed by atoms with E-state index in [1.54, 1.807) is 24.3 Å². The van der Waals surface area contributed by atoms with Crippen molar-refractivity contribution in [2.45, 2.75) is 39.8 Å². The summed E-state index contributed by atoms with van der Waals surface area (Å²) in [7, 11) is 0. The number of fused-ring (bicyclic) bond motifs is 1. The molecule has 0 spiro atoms. The van der Waals surface area contributed by atoms with Crippen LogP contribution in [0.25, 0.3) is 22.2 Å². The highest BCUT2D eigenvalue weighted by molar-refractivity contribution is 6.32. The lowest BCUT2D eigenvalue weighted by molar-refractivity contribution is 0.306. The van der Waals surface area contributed by atoms with Crippen LogP contribution in [0.1, 0.15) is 38.0 Å². The topological polar surface area (TPSA) is 72.2 Å². The maximum Gasteiger partial charge on any atom is 0.141 e. The lowest BCUT2D eigenvalue weighted by Crippen LogP contribution is -2.14. The standard InChI is InChI=1S/C32H32ClFN4O2/c1-21(2)5-4-14-35-18-26-10-13-30(40-26)23-8-11-29-27(16-23)32(37-20-36-29)38-25-9-12-31(28(33)17-25)39-19-22-6-3-7-24(34)15-22/h3,6-13,15-17,20-21,35H,4-5,14,18-19H2,1-2H3,(H,36,37,38). The number of hydrogen-bond donors (Lipinski definition) is 2. The smallest absolute Gasteiger partial charge is 0.141 e. The quantitative estimate of drug-likeness (QED) is 0.149. The second kappa shape index (κ2) is 12.9. The Kier molecular flexibility index (Phi) is 8.94. The molecule has 40 heavy (non-hydrogen) atoms. The summed E-state index contributed by atoms with van der Waals surface area (Å²) >= 11 is 6.50. The number of hydrogen-bond acceptors (Lipinski definition) is 6. The molecule has 0 fully saturated rings. The van der Waals surface area contributed by atoms with Crippen molar-refractivity contribution < 1.29 is 13.5 Å². The molecule has 2 aromatic heterocycles. The van der Waals surface area contributed by atoms with Gasteiger partial charge in [0.25, 0.3) is 0 Å². The number of nitrogens with zero attached hydrogens (tertiary/aromatic N) is 2. The minimum Gasteiger partial charge on any atom is -0.487 e. The fraction of sp³-hybridized carbons (Fsp3) is 0.250. The first kappa shape index (κ1) is 27.6. The lowest BCUT2D eigenvalue weighted by Gasteiger charge is -2.12. The Morgan fingerprint density at radius 2 is 1.90 bits per heavy atom. The number of benzene rings is 3. The Bertz CT molecular complexity index is 1590. The molecular formula is C32H32ClFN4O2. The van der Waals surface area contributed by atoms with E-state index in [-0.39, 0.29) is 12.4 Å². The minimum atomic E-state index is -0.302. The fourth-order valence-corrected chi connectivity index (χ4v) is 4.64. The highest BCUT2D eigenvalue weighted by Crippen LogP contribution is 2.33. The zero-order valence-electron chi connectivity index (χ0n) is 22.6. The van der Waals surface area contributed by atoms with Crippen molar-refractivity contribution in [3.8, 4) is 17.1 Å². The molecule has 0 aliphatic heterocycles. The highest BCUT2D eigenvalue weighted by Gasteiger charge is 2.11. The van der Waals surface area contributed by atoms with Crippen LogP contribution >= 0.6 is 11.6 Å². The fourth-order valence-electron chi connectivity index (χ4n) is 4.40. The van der Waals surface area contributed by atoms with E-state index in [9.17, 15) is 4.39 Å². The van der Waals surface area contributed by atoms with Crippen LogP contribution in [0.15, 0.2) is 83.5 Å². The van der Waals surface area contributed by atoms with Gasteiger partial charge in [0, 0.05) is 16.6 Å². The van der Waals surface area contributed by atoms with E-state index in [0.29, 0.717) is 23.1 Å². The number of ether oxygens (including phenoxy) is 1. The molecule has 0 amide bonds. The third-order valence-electron chi connectivity index (χ3n) is 6.49. The van der Waals surface area contributed by atoms with Crippen LogP contribution in [0.4, 0.5) is 15.9 Å². The average molecular weight is 559 g/mol. The molecule has 0 atom stereocenters. The summed E-state index contributed by atoms with van der Waals surface area (Å²) in [6.07, 6.45) is 3.90. The van der Waals surface area contributed by atoms with Crippen molar-refractivity contribution in [2.24, 2.45) is 5.92 Å². The van der Waals surface area contributed by atoms with Crippen molar-refractivity contribution in [3.63, 3.8) is 0 Å². The second-order valence-corrected chi connectivity index (χ2v) is 10.5. The first-order valence-electron chi connectivity index (χ1n) is 13.4. The summed E-state index contributed by atoms with van der Waals surface area (Å²) in [6, 6.07) is 21.7. The molecular weight excluding hydrogens is 527 g/mol. The van der Waals surface area contributed by atoms with Crippen LogP contribution in [-0.2, 0) is 13.2 Å². The molecule has 0 aliphatic carbocycles. The summed E-state index contributed by atoms with van der Waals surface area (Å²) in [5.74, 6) is 3.26. The van der Waals surface area contributed by atoms with Crippen molar-refractivity contribution in [2.75, 3.05) is 11.9 Å². The molecule has 206 valence electrons. The third-order valence-corrected chi connectivity index (χ3v) is 6.79. The SMILES string of the molecule is CC(C)CCCNCc1ccc(-c2ccc3ncnc(Nc4ccc(OCc5cccc(F)c5)c(Cl)c4)c3c2)o1. The molecule has 0 aliphatic rings. The van der Waals surface area contributed by atoms with Gasteiger partial charge in [-0.05, 0) is 91.5 Å². The minimum absolute atomic E-state index is 0.215. The molecule has 0 radical (unpaired) electrons. The normalized spacial score (nSPS) is 11.3. The van der Waals surface area contributed by atoms with E-state index in [0.717, 1.165) is 58.1 Å². The van der Waals surface area contributed by atoms with Gasteiger partial charge >= 0.3 is 0 Å².